The lowest BCUT2D eigenvalue weighted by atomic mass is 9.81. The summed E-state index contributed by atoms with van der Waals surface area (Å²) in [6.07, 6.45) is -3.95. The molecule has 3 aliphatic rings. The molecule has 4 atom stereocenters. The molecule has 4 N–H and O–H groups in total. The molecule has 254 valence electrons. The number of pyridine rings is 1. The molecular formula is C29H37F6N7O4. The number of nitrogens with one attached hydrogen (secondary N) is 3. The molecule has 5 rings (SSSR count). The Hall–Kier alpha value is -3.31. The van der Waals surface area contributed by atoms with Gasteiger partial charge in [-0.15, -0.1) is 0 Å². The van der Waals surface area contributed by atoms with Crippen molar-refractivity contribution in [2.45, 2.75) is 100 Å². The molecule has 11 nitrogen and oxygen atoms in total. The number of aromatic nitrogens is 3. The Labute approximate surface area is 260 Å². The number of hydrogen-bond acceptors (Lipinski definition) is 9. The molecule has 2 saturated heterocycles. The van der Waals surface area contributed by atoms with Gasteiger partial charge in [-0.25, -0.2) is 36.3 Å². The lowest BCUT2D eigenvalue weighted by molar-refractivity contribution is -0.218. The summed E-state index contributed by atoms with van der Waals surface area (Å²) >= 11 is 0. The standard InChI is InChI=1S/C29H37F6N7O4/c1-15(36)21(41-44)25(43)39-22(16-5-8-27(30,31)9-6-16)24-38-18-4-3-17(37-23(18)40-24)19-13-28(32,33)11-12-42(19)26(45-2)20-7-10-29(34,35)14-46-20/h3-4,16,19-20,22,26,36,44H,5-14H2,1-2H3,(H,39,43)(H,37,38,40)/b36-15?,41-21+/t19-,20-,22+,26?/m1/s1. The summed E-state index contributed by atoms with van der Waals surface area (Å²) in [6, 6.07) is 1.18. The van der Waals surface area contributed by atoms with E-state index in [1.165, 1.54) is 20.1 Å². The molecule has 1 amide bonds. The Morgan fingerprint density at radius 2 is 1.80 bits per heavy atom. The molecule has 2 aliphatic heterocycles. The van der Waals surface area contributed by atoms with Crippen LogP contribution in [0.4, 0.5) is 26.3 Å². The summed E-state index contributed by atoms with van der Waals surface area (Å²) in [5, 5.41) is 22.5. The van der Waals surface area contributed by atoms with Gasteiger partial charge in [0.2, 0.25) is 5.92 Å². The van der Waals surface area contributed by atoms with Crippen LogP contribution in [-0.4, -0.2) is 92.8 Å². The van der Waals surface area contributed by atoms with E-state index in [4.69, 9.17) is 14.9 Å². The molecule has 17 heteroatoms. The second-order valence-electron chi connectivity index (χ2n) is 12.4. The van der Waals surface area contributed by atoms with Crippen molar-refractivity contribution in [3.63, 3.8) is 0 Å². The van der Waals surface area contributed by atoms with Crippen LogP contribution in [0.1, 0.15) is 81.9 Å². The average molecular weight is 662 g/mol. The van der Waals surface area contributed by atoms with Crippen LogP contribution in [0.15, 0.2) is 17.3 Å². The van der Waals surface area contributed by atoms with E-state index < -0.39 is 98.4 Å². The minimum absolute atomic E-state index is 0.0271. The molecule has 2 aromatic heterocycles. The minimum atomic E-state index is -3.04. The Morgan fingerprint density at radius 1 is 1.11 bits per heavy atom. The molecular weight excluding hydrogens is 624 g/mol. The van der Waals surface area contributed by atoms with Gasteiger partial charge in [0.25, 0.3) is 17.8 Å². The summed E-state index contributed by atoms with van der Waals surface area (Å²) in [5.41, 5.74) is -0.155. The lowest BCUT2D eigenvalue weighted by Crippen LogP contribution is -2.54. The number of fused-ring (bicyclic) bond motifs is 1. The molecule has 1 aliphatic carbocycles. The number of alkyl halides is 6. The van der Waals surface area contributed by atoms with Crippen molar-refractivity contribution in [2.75, 3.05) is 20.3 Å². The van der Waals surface area contributed by atoms with Gasteiger partial charge < -0.3 is 30.4 Å². The average Bonchev–Trinajstić information content (AvgIpc) is 3.41. The van der Waals surface area contributed by atoms with Gasteiger partial charge in [-0.3, -0.25) is 9.69 Å². The van der Waals surface area contributed by atoms with E-state index in [1.54, 1.807) is 11.0 Å². The van der Waals surface area contributed by atoms with Gasteiger partial charge in [0.05, 0.1) is 35.1 Å². The van der Waals surface area contributed by atoms with Crippen LogP contribution >= 0.6 is 0 Å². The number of carbonyl (C=O) groups excluding carboxylic acids is 1. The number of H-pyrrole nitrogens is 1. The van der Waals surface area contributed by atoms with Crippen LogP contribution in [-0.2, 0) is 14.3 Å². The van der Waals surface area contributed by atoms with Crippen LogP contribution < -0.4 is 5.32 Å². The van der Waals surface area contributed by atoms with E-state index >= 15 is 0 Å². The number of hydrogen-bond donors (Lipinski definition) is 4. The quantitative estimate of drug-likeness (QED) is 0.122. The highest BCUT2D eigenvalue weighted by Crippen LogP contribution is 2.44. The third-order valence-corrected chi connectivity index (χ3v) is 9.03. The summed E-state index contributed by atoms with van der Waals surface area (Å²) in [7, 11) is 1.36. The Kier molecular flexibility index (Phi) is 9.67. The number of ether oxygens (including phenoxy) is 2. The fraction of sp³-hybridized carbons (Fsp3) is 0.690. The van der Waals surface area contributed by atoms with E-state index in [1.807, 2.05) is 0 Å². The molecule has 3 fully saturated rings. The first kappa shape index (κ1) is 34.0. The van der Waals surface area contributed by atoms with E-state index in [0.717, 1.165) is 0 Å². The highest BCUT2D eigenvalue weighted by Gasteiger charge is 2.48. The van der Waals surface area contributed by atoms with E-state index in [0.29, 0.717) is 5.52 Å². The van der Waals surface area contributed by atoms with E-state index in [-0.39, 0.29) is 48.7 Å². The molecule has 46 heavy (non-hydrogen) atoms. The molecule has 0 radical (unpaired) electrons. The van der Waals surface area contributed by atoms with Crippen molar-refractivity contribution in [3.05, 3.63) is 23.7 Å². The molecule has 0 aromatic carbocycles. The second-order valence-corrected chi connectivity index (χ2v) is 12.4. The van der Waals surface area contributed by atoms with Crippen molar-refractivity contribution in [3.8, 4) is 0 Å². The Morgan fingerprint density at radius 3 is 2.41 bits per heavy atom. The summed E-state index contributed by atoms with van der Waals surface area (Å²) < 4.78 is 96.2. The largest absolute Gasteiger partial charge is 0.410 e. The number of amides is 1. The first-order chi connectivity index (χ1) is 21.6. The lowest BCUT2D eigenvalue weighted by Gasteiger charge is -2.46. The Bertz CT molecular complexity index is 1450. The van der Waals surface area contributed by atoms with Gasteiger partial charge in [0, 0.05) is 45.8 Å². The van der Waals surface area contributed by atoms with Crippen LogP contribution in [0, 0.1) is 11.3 Å². The maximum Gasteiger partial charge on any atom is 0.275 e. The smallest absolute Gasteiger partial charge is 0.275 e. The number of methoxy groups -OCH3 is 1. The third kappa shape index (κ3) is 7.46. The van der Waals surface area contributed by atoms with E-state index in [9.17, 15) is 36.3 Å². The highest BCUT2D eigenvalue weighted by atomic mass is 19.3. The molecule has 2 aromatic rings. The normalized spacial score (nSPS) is 26.8. The number of halogens is 6. The van der Waals surface area contributed by atoms with Gasteiger partial charge in [0.1, 0.15) is 18.7 Å². The maximum absolute atomic E-state index is 14.8. The number of imidazole rings is 1. The summed E-state index contributed by atoms with van der Waals surface area (Å²) in [6.45, 7) is 0.340. The van der Waals surface area contributed by atoms with Gasteiger partial charge in [-0.05, 0) is 44.2 Å². The third-order valence-electron chi connectivity index (χ3n) is 9.03. The van der Waals surface area contributed by atoms with Crippen LogP contribution in [0.25, 0.3) is 11.2 Å². The van der Waals surface area contributed by atoms with Gasteiger partial charge >= 0.3 is 0 Å². The van der Waals surface area contributed by atoms with Crippen LogP contribution in [0.3, 0.4) is 0 Å². The number of likely N-dealkylation sites (tertiary alicyclic amines) is 1. The topological polar surface area (TPSA) is 149 Å². The number of carbonyl (C=O) groups is 1. The van der Waals surface area contributed by atoms with Crippen LogP contribution in [0.5, 0.6) is 0 Å². The number of rotatable bonds is 9. The number of piperidine rings is 1. The molecule has 1 saturated carbocycles. The van der Waals surface area contributed by atoms with Gasteiger partial charge in [0.15, 0.2) is 11.4 Å². The highest BCUT2D eigenvalue weighted by molar-refractivity contribution is 6.65. The monoisotopic (exact) mass is 661 g/mol. The fourth-order valence-electron chi connectivity index (χ4n) is 6.56. The zero-order valence-corrected chi connectivity index (χ0v) is 25.3. The number of oxime groups is 1. The minimum Gasteiger partial charge on any atom is -0.410 e. The van der Waals surface area contributed by atoms with Crippen molar-refractivity contribution < 1.29 is 45.8 Å². The van der Waals surface area contributed by atoms with Crippen molar-refractivity contribution >= 4 is 28.5 Å². The predicted octanol–water partition coefficient (Wildman–Crippen LogP) is 5.37. The SMILES string of the molecule is COC([C@H]1CCC(F)(F)CO1)N1CCC(F)(F)C[C@@H]1c1ccc2[nH]c([C@@H](NC(=O)/C(=N/O)C(C)=N)C3CCC(F)(F)CC3)nc2n1. The first-order valence-corrected chi connectivity index (χ1v) is 15.1. The van der Waals surface area contributed by atoms with Crippen molar-refractivity contribution in [2.24, 2.45) is 11.1 Å². The second kappa shape index (κ2) is 13.1. The zero-order valence-electron chi connectivity index (χ0n) is 25.3. The first-order valence-electron chi connectivity index (χ1n) is 15.1. The molecule has 1 unspecified atom stereocenters. The maximum atomic E-state index is 14.8. The predicted molar refractivity (Wildman–Crippen MR) is 153 cm³/mol. The van der Waals surface area contributed by atoms with E-state index in [2.05, 4.69) is 25.4 Å². The summed E-state index contributed by atoms with van der Waals surface area (Å²) in [4.78, 5) is 26.7. The van der Waals surface area contributed by atoms with Crippen molar-refractivity contribution in [1.82, 2.24) is 25.2 Å². The molecule has 0 bridgehead atoms. The molecule has 0 spiro atoms. The zero-order chi connectivity index (χ0) is 33.4. The van der Waals surface area contributed by atoms with Gasteiger partial charge in [-0.2, -0.15) is 0 Å². The summed E-state index contributed by atoms with van der Waals surface area (Å²) in [5.74, 6) is -10.1. The number of aromatic amines is 1. The molecule has 4 heterocycles. The fourth-order valence-corrected chi connectivity index (χ4v) is 6.56. The van der Waals surface area contributed by atoms with Crippen molar-refractivity contribution in [1.29, 1.82) is 5.41 Å². The number of nitrogens with zero attached hydrogens (tertiary/aromatic N) is 4. The van der Waals surface area contributed by atoms with Crippen LogP contribution in [0.2, 0.25) is 0 Å². The van der Waals surface area contributed by atoms with Gasteiger partial charge in [-0.1, -0.05) is 5.16 Å². The Balaban J connectivity index is 1.46.